The van der Waals surface area contributed by atoms with Crippen LogP contribution < -0.4 is 11.0 Å². The number of aryl methyl sites for hydroxylation is 2. The number of H-pyrrole nitrogens is 1. The average molecular weight is 304 g/mol. The van der Waals surface area contributed by atoms with Crippen LogP contribution in [0.4, 0.5) is 11.5 Å². The quantitative estimate of drug-likeness (QED) is 0.779. The topological polar surface area (TPSA) is 73.6 Å². The molecule has 0 aliphatic carbocycles. The molecular formula is C18H16N4O. The highest BCUT2D eigenvalue weighted by Crippen LogP contribution is 2.22. The zero-order valence-corrected chi connectivity index (χ0v) is 12.9. The Morgan fingerprint density at radius 2 is 1.57 bits per heavy atom. The molecule has 0 aliphatic heterocycles. The molecule has 5 heteroatoms. The third-order valence-electron chi connectivity index (χ3n) is 3.61. The van der Waals surface area contributed by atoms with Crippen molar-refractivity contribution in [2.75, 3.05) is 5.32 Å². The fourth-order valence-corrected chi connectivity index (χ4v) is 2.35. The number of hydrogen-bond acceptors (Lipinski definition) is 3. The van der Waals surface area contributed by atoms with Crippen LogP contribution in [0.2, 0.25) is 0 Å². The number of nitriles is 1. The first-order valence-electron chi connectivity index (χ1n) is 7.24. The van der Waals surface area contributed by atoms with Gasteiger partial charge in [0.1, 0.15) is 6.07 Å². The van der Waals surface area contributed by atoms with Crippen LogP contribution in [0.25, 0.3) is 5.69 Å². The third kappa shape index (κ3) is 2.87. The molecule has 0 fully saturated rings. The zero-order chi connectivity index (χ0) is 16.4. The van der Waals surface area contributed by atoms with Crippen molar-refractivity contribution >= 4 is 11.5 Å². The molecule has 0 atom stereocenters. The van der Waals surface area contributed by atoms with E-state index in [2.05, 4.69) is 10.3 Å². The van der Waals surface area contributed by atoms with E-state index in [1.54, 1.807) is 0 Å². The van der Waals surface area contributed by atoms with Gasteiger partial charge in [-0.3, -0.25) is 4.98 Å². The van der Waals surface area contributed by atoms with E-state index >= 15 is 0 Å². The summed E-state index contributed by atoms with van der Waals surface area (Å²) < 4.78 is 1.47. The summed E-state index contributed by atoms with van der Waals surface area (Å²) >= 11 is 0. The molecule has 0 bridgehead atoms. The van der Waals surface area contributed by atoms with Gasteiger partial charge in [0.05, 0.1) is 5.69 Å². The molecule has 23 heavy (non-hydrogen) atoms. The monoisotopic (exact) mass is 304 g/mol. The molecule has 0 unspecified atom stereocenters. The largest absolute Gasteiger partial charge is 0.339 e. The van der Waals surface area contributed by atoms with E-state index in [0.29, 0.717) is 11.5 Å². The van der Waals surface area contributed by atoms with Gasteiger partial charge in [0, 0.05) is 5.69 Å². The lowest BCUT2D eigenvalue weighted by Crippen LogP contribution is -2.16. The maximum absolute atomic E-state index is 12.3. The van der Waals surface area contributed by atoms with E-state index in [-0.39, 0.29) is 11.4 Å². The molecule has 0 radical (unpaired) electrons. The number of nitrogens with zero attached hydrogens (tertiary/aromatic N) is 2. The second kappa shape index (κ2) is 5.85. The summed E-state index contributed by atoms with van der Waals surface area (Å²) in [6.07, 6.45) is 0. The molecule has 3 rings (SSSR count). The summed E-state index contributed by atoms with van der Waals surface area (Å²) in [5, 5.41) is 12.5. The lowest BCUT2D eigenvalue weighted by Gasteiger charge is -2.11. The summed E-state index contributed by atoms with van der Waals surface area (Å²) in [6.45, 7) is 3.98. The van der Waals surface area contributed by atoms with E-state index in [4.69, 9.17) is 0 Å². The van der Waals surface area contributed by atoms with Gasteiger partial charge in [-0.15, -0.1) is 0 Å². The Morgan fingerprint density at radius 3 is 2.13 bits per heavy atom. The molecule has 3 aromatic rings. The van der Waals surface area contributed by atoms with Gasteiger partial charge < -0.3 is 5.32 Å². The number of anilines is 2. The van der Waals surface area contributed by atoms with Crippen LogP contribution in [0.15, 0.2) is 53.3 Å². The Morgan fingerprint density at radius 1 is 1.00 bits per heavy atom. The lowest BCUT2D eigenvalue weighted by molar-refractivity contribution is 0.991. The fourth-order valence-electron chi connectivity index (χ4n) is 2.35. The second-order valence-electron chi connectivity index (χ2n) is 5.43. The van der Waals surface area contributed by atoms with Crippen molar-refractivity contribution in [2.24, 2.45) is 0 Å². The Hall–Kier alpha value is -3.26. The number of benzene rings is 2. The van der Waals surface area contributed by atoms with Crippen molar-refractivity contribution in [3.63, 3.8) is 0 Å². The highest BCUT2D eigenvalue weighted by Gasteiger charge is 2.15. The summed E-state index contributed by atoms with van der Waals surface area (Å²) in [7, 11) is 0. The average Bonchev–Trinajstić information content (AvgIpc) is 2.86. The molecule has 2 N–H and O–H groups in total. The molecular weight excluding hydrogens is 288 g/mol. The Balaban J connectivity index is 2.11. The number of imidazole rings is 1. The zero-order valence-electron chi connectivity index (χ0n) is 12.9. The van der Waals surface area contributed by atoms with Gasteiger partial charge in [-0.1, -0.05) is 35.4 Å². The van der Waals surface area contributed by atoms with Crippen molar-refractivity contribution < 1.29 is 0 Å². The predicted octanol–water partition coefficient (Wildman–Crippen LogP) is 3.40. The van der Waals surface area contributed by atoms with Gasteiger partial charge >= 0.3 is 5.69 Å². The first-order chi connectivity index (χ1) is 11.1. The van der Waals surface area contributed by atoms with Crippen LogP contribution in [-0.2, 0) is 0 Å². The Bertz CT molecular complexity index is 925. The Labute approximate surface area is 133 Å². The number of rotatable bonds is 3. The number of hydrogen-bond donors (Lipinski definition) is 2. The summed E-state index contributed by atoms with van der Waals surface area (Å²) in [4.78, 5) is 14.9. The third-order valence-corrected chi connectivity index (χ3v) is 3.61. The molecule has 0 spiro atoms. The molecule has 0 saturated carbocycles. The normalized spacial score (nSPS) is 10.3. The molecule has 1 heterocycles. The standard InChI is InChI=1S/C18H16N4O/c1-12-3-7-14(8-4-12)20-17-16(11-19)21-18(23)22(17)15-9-5-13(2)6-10-15/h3-10,20H,1-2H3,(H,21,23). The molecule has 1 aromatic heterocycles. The number of nitrogens with one attached hydrogen (secondary N) is 2. The SMILES string of the molecule is Cc1ccc(Nc2c(C#N)[nH]c(=O)n2-c2ccc(C)cc2)cc1. The summed E-state index contributed by atoms with van der Waals surface area (Å²) in [5.74, 6) is 0.435. The van der Waals surface area contributed by atoms with Crippen molar-refractivity contribution in [2.45, 2.75) is 13.8 Å². The smallest absolute Gasteiger partial charge is 0.332 e. The van der Waals surface area contributed by atoms with E-state index in [0.717, 1.165) is 16.8 Å². The van der Waals surface area contributed by atoms with E-state index < -0.39 is 0 Å². The molecule has 114 valence electrons. The van der Waals surface area contributed by atoms with Crippen molar-refractivity contribution in [1.29, 1.82) is 5.26 Å². The number of aromatic amines is 1. The molecule has 0 aliphatic rings. The first kappa shape index (κ1) is 14.7. The van der Waals surface area contributed by atoms with Gasteiger partial charge in [0.15, 0.2) is 11.5 Å². The highest BCUT2D eigenvalue weighted by molar-refractivity contribution is 5.64. The molecule has 0 saturated heterocycles. The van der Waals surface area contributed by atoms with Crippen LogP contribution in [0, 0.1) is 25.2 Å². The first-order valence-corrected chi connectivity index (χ1v) is 7.24. The minimum atomic E-state index is -0.347. The minimum Gasteiger partial charge on any atom is -0.339 e. The molecule has 5 nitrogen and oxygen atoms in total. The predicted molar refractivity (Wildman–Crippen MR) is 90.3 cm³/mol. The van der Waals surface area contributed by atoms with Crippen LogP contribution >= 0.6 is 0 Å². The van der Waals surface area contributed by atoms with Crippen LogP contribution in [0.5, 0.6) is 0 Å². The lowest BCUT2D eigenvalue weighted by atomic mass is 10.2. The second-order valence-corrected chi connectivity index (χ2v) is 5.43. The van der Waals surface area contributed by atoms with E-state index in [9.17, 15) is 10.1 Å². The van der Waals surface area contributed by atoms with Gasteiger partial charge in [-0.2, -0.15) is 5.26 Å². The fraction of sp³-hybridized carbons (Fsp3) is 0.111. The van der Waals surface area contributed by atoms with Crippen LogP contribution in [-0.4, -0.2) is 9.55 Å². The van der Waals surface area contributed by atoms with Crippen molar-refractivity contribution in [3.05, 3.63) is 75.8 Å². The number of aromatic nitrogens is 2. The van der Waals surface area contributed by atoms with Crippen LogP contribution in [0.3, 0.4) is 0 Å². The van der Waals surface area contributed by atoms with E-state index in [1.165, 1.54) is 4.57 Å². The minimum absolute atomic E-state index is 0.205. The summed E-state index contributed by atoms with van der Waals surface area (Å²) in [5.41, 5.74) is 3.61. The van der Waals surface area contributed by atoms with Gasteiger partial charge in [0.25, 0.3) is 0 Å². The molecule has 0 amide bonds. The van der Waals surface area contributed by atoms with Crippen LogP contribution in [0.1, 0.15) is 16.8 Å². The van der Waals surface area contributed by atoms with Crippen molar-refractivity contribution in [3.8, 4) is 11.8 Å². The Kier molecular flexibility index (Phi) is 3.73. The maximum atomic E-state index is 12.3. The van der Waals surface area contributed by atoms with Gasteiger partial charge in [-0.25, -0.2) is 9.36 Å². The van der Waals surface area contributed by atoms with Crippen molar-refractivity contribution in [1.82, 2.24) is 9.55 Å². The van der Waals surface area contributed by atoms with Gasteiger partial charge in [-0.05, 0) is 38.1 Å². The molecule has 2 aromatic carbocycles. The maximum Gasteiger partial charge on any atom is 0.332 e. The van der Waals surface area contributed by atoms with E-state index in [1.807, 2.05) is 68.4 Å². The highest BCUT2D eigenvalue weighted by atomic mass is 16.1. The van der Waals surface area contributed by atoms with Gasteiger partial charge in [0.2, 0.25) is 0 Å². The summed E-state index contributed by atoms with van der Waals surface area (Å²) in [6, 6.07) is 17.3.